The standard InChI is InChI=1S/C13H10ClF3N4O4/c1-2-11(22)19-12-10(21(23)24)6-18-20(12)9-4-3-7(5-8(9)14)25-13(15,16)17/h3-6H,2H2,1H3,(H,19,22). The minimum absolute atomic E-state index is 0.0238. The topological polar surface area (TPSA) is 99.3 Å². The molecular weight excluding hydrogens is 369 g/mol. The van der Waals surface area contributed by atoms with Crippen LogP contribution in [-0.4, -0.2) is 27.0 Å². The molecule has 0 aliphatic rings. The molecule has 0 spiro atoms. The summed E-state index contributed by atoms with van der Waals surface area (Å²) in [4.78, 5) is 21.9. The molecule has 1 amide bonds. The van der Waals surface area contributed by atoms with E-state index in [1.807, 2.05) is 0 Å². The Bertz CT molecular complexity index is 822. The molecule has 0 unspecified atom stereocenters. The third-order valence-electron chi connectivity index (χ3n) is 2.91. The van der Waals surface area contributed by atoms with Gasteiger partial charge in [-0.1, -0.05) is 18.5 Å². The molecule has 1 N–H and O–H groups in total. The minimum Gasteiger partial charge on any atom is -0.406 e. The minimum atomic E-state index is -4.89. The smallest absolute Gasteiger partial charge is 0.406 e. The maximum Gasteiger partial charge on any atom is 0.573 e. The lowest BCUT2D eigenvalue weighted by molar-refractivity contribution is -0.384. The van der Waals surface area contributed by atoms with Gasteiger partial charge in [-0.05, 0) is 12.1 Å². The maximum absolute atomic E-state index is 12.2. The first-order valence-electron chi connectivity index (χ1n) is 6.70. The van der Waals surface area contributed by atoms with Crippen molar-refractivity contribution in [2.45, 2.75) is 19.7 Å². The molecule has 0 aliphatic carbocycles. The van der Waals surface area contributed by atoms with E-state index in [0.29, 0.717) is 0 Å². The van der Waals surface area contributed by atoms with Crippen molar-refractivity contribution in [2.75, 3.05) is 5.32 Å². The Balaban J connectivity index is 2.47. The van der Waals surface area contributed by atoms with Crippen molar-refractivity contribution in [3.63, 3.8) is 0 Å². The highest BCUT2D eigenvalue weighted by molar-refractivity contribution is 6.32. The molecule has 0 radical (unpaired) electrons. The second-order valence-corrected chi connectivity index (χ2v) is 5.02. The lowest BCUT2D eigenvalue weighted by Gasteiger charge is -2.12. The van der Waals surface area contributed by atoms with E-state index < -0.39 is 28.6 Å². The van der Waals surface area contributed by atoms with E-state index in [1.165, 1.54) is 6.92 Å². The number of hydrogen-bond acceptors (Lipinski definition) is 5. The van der Waals surface area contributed by atoms with Crippen LogP contribution in [0.25, 0.3) is 5.69 Å². The number of aromatic nitrogens is 2. The number of nitro groups is 1. The number of carbonyl (C=O) groups excluding carboxylic acids is 1. The van der Waals surface area contributed by atoms with Crippen LogP contribution in [0.4, 0.5) is 24.7 Å². The second kappa shape index (κ2) is 6.97. The molecule has 0 fully saturated rings. The van der Waals surface area contributed by atoms with Crippen LogP contribution in [0.2, 0.25) is 5.02 Å². The Labute approximate surface area is 143 Å². The zero-order chi connectivity index (χ0) is 18.8. The maximum atomic E-state index is 12.2. The number of ether oxygens (including phenoxy) is 1. The van der Waals surface area contributed by atoms with Crippen molar-refractivity contribution in [3.8, 4) is 11.4 Å². The highest BCUT2D eigenvalue weighted by Crippen LogP contribution is 2.33. The number of amides is 1. The molecule has 0 aliphatic heterocycles. The molecule has 1 heterocycles. The molecule has 8 nitrogen and oxygen atoms in total. The summed E-state index contributed by atoms with van der Waals surface area (Å²) in [7, 11) is 0. The van der Waals surface area contributed by atoms with Crippen molar-refractivity contribution in [2.24, 2.45) is 0 Å². The SMILES string of the molecule is CCC(=O)Nc1c([N+](=O)[O-])cnn1-c1ccc(OC(F)(F)F)cc1Cl. The van der Waals surface area contributed by atoms with Crippen LogP contribution in [0.15, 0.2) is 24.4 Å². The fourth-order valence-electron chi connectivity index (χ4n) is 1.85. The highest BCUT2D eigenvalue weighted by Gasteiger charge is 2.31. The number of hydrogen-bond donors (Lipinski definition) is 1. The average Bonchev–Trinajstić information content (AvgIpc) is 2.89. The van der Waals surface area contributed by atoms with Crippen LogP contribution in [-0.2, 0) is 4.79 Å². The molecule has 0 bridgehead atoms. The fourth-order valence-corrected chi connectivity index (χ4v) is 2.10. The van der Waals surface area contributed by atoms with Crippen LogP contribution in [0.3, 0.4) is 0 Å². The van der Waals surface area contributed by atoms with E-state index in [1.54, 1.807) is 0 Å². The summed E-state index contributed by atoms with van der Waals surface area (Å²) in [5, 5.41) is 16.9. The number of carbonyl (C=O) groups is 1. The molecular formula is C13H10ClF3N4O4. The van der Waals surface area contributed by atoms with E-state index in [0.717, 1.165) is 29.1 Å². The van der Waals surface area contributed by atoms with E-state index in [9.17, 15) is 28.1 Å². The van der Waals surface area contributed by atoms with Gasteiger partial charge in [0.25, 0.3) is 0 Å². The average molecular weight is 379 g/mol. The molecule has 25 heavy (non-hydrogen) atoms. The van der Waals surface area contributed by atoms with Gasteiger partial charge in [-0.3, -0.25) is 14.9 Å². The van der Waals surface area contributed by atoms with Gasteiger partial charge in [-0.2, -0.15) is 5.10 Å². The van der Waals surface area contributed by atoms with Crippen molar-refractivity contribution < 1.29 is 27.6 Å². The largest absolute Gasteiger partial charge is 0.573 e. The summed E-state index contributed by atoms with van der Waals surface area (Å²) < 4.78 is 41.4. The Hall–Kier alpha value is -2.82. The first-order chi connectivity index (χ1) is 11.6. The van der Waals surface area contributed by atoms with E-state index in [4.69, 9.17) is 11.6 Å². The van der Waals surface area contributed by atoms with Gasteiger partial charge >= 0.3 is 12.0 Å². The fraction of sp³-hybridized carbons (Fsp3) is 0.231. The van der Waals surface area contributed by atoms with Crippen LogP contribution in [0.5, 0.6) is 5.75 Å². The first kappa shape index (κ1) is 18.5. The lowest BCUT2D eigenvalue weighted by atomic mass is 10.3. The number of halogens is 4. The van der Waals surface area contributed by atoms with Gasteiger partial charge in [0.15, 0.2) is 0 Å². The van der Waals surface area contributed by atoms with E-state index in [-0.39, 0.29) is 22.9 Å². The summed E-state index contributed by atoms with van der Waals surface area (Å²) in [6.07, 6.45) is -3.95. The summed E-state index contributed by atoms with van der Waals surface area (Å²) in [5.41, 5.74) is -0.468. The number of nitrogens with zero attached hydrogens (tertiary/aromatic N) is 3. The molecule has 2 aromatic rings. The lowest BCUT2D eigenvalue weighted by Crippen LogP contribution is -2.17. The Morgan fingerprint density at radius 1 is 1.48 bits per heavy atom. The van der Waals surface area contributed by atoms with Crippen molar-refractivity contribution in [1.29, 1.82) is 0 Å². The van der Waals surface area contributed by atoms with Crippen LogP contribution < -0.4 is 10.1 Å². The number of nitrogens with one attached hydrogen (secondary N) is 1. The molecule has 0 saturated carbocycles. The molecule has 12 heteroatoms. The monoisotopic (exact) mass is 378 g/mol. The van der Waals surface area contributed by atoms with Crippen LogP contribution in [0, 0.1) is 10.1 Å². The normalized spacial score (nSPS) is 11.2. The quantitative estimate of drug-likeness (QED) is 0.632. The number of anilines is 1. The predicted octanol–water partition coefficient (Wildman–Crippen LogP) is 3.68. The van der Waals surface area contributed by atoms with Crippen molar-refractivity contribution in [1.82, 2.24) is 9.78 Å². The summed E-state index contributed by atoms with van der Waals surface area (Å²) >= 11 is 5.93. The second-order valence-electron chi connectivity index (χ2n) is 4.61. The zero-order valence-corrected chi connectivity index (χ0v) is 13.3. The molecule has 134 valence electrons. The first-order valence-corrected chi connectivity index (χ1v) is 7.08. The Kier molecular flexibility index (Phi) is 5.16. The van der Waals surface area contributed by atoms with Gasteiger partial charge in [0.05, 0.1) is 15.6 Å². The van der Waals surface area contributed by atoms with Gasteiger partial charge < -0.3 is 10.1 Å². The number of benzene rings is 1. The highest BCUT2D eigenvalue weighted by atomic mass is 35.5. The summed E-state index contributed by atoms with van der Waals surface area (Å²) in [6.45, 7) is 1.54. The van der Waals surface area contributed by atoms with E-state index in [2.05, 4.69) is 15.2 Å². The van der Waals surface area contributed by atoms with E-state index >= 15 is 0 Å². The molecule has 2 rings (SSSR count). The van der Waals surface area contributed by atoms with Crippen LogP contribution >= 0.6 is 11.6 Å². The predicted molar refractivity (Wildman–Crippen MR) is 80.8 cm³/mol. The molecule has 1 aromatic heterocycles. The van der Waals surface area contributed by atoms with Gasteiger partial charge in [0.1, 0.15) is 11.9 Å². The molecule has 1 aromatic carbocycles. The Morgan fingerprint density at radius 2 is 2.16 bits per heavy atom. The number of alkyl halides is 3. The third-order valence-corrected chi connectivity index (χ3v) is 3.21. The van der Waals surface area contributed by atoms with Gasteiger partial charge in [-0.15, -0.1) is 13.2 Å². The molecule has 0 atom stereocenters. The third kappa shape index (κ3) is 4.38. The summed E-state index contributed by atoms with van der Waals surface area (Å²) in [6, 6.07) is 2.97. The van der Waals surface area contributed by atoms with Crippen molar-refractivity contribution in [3.05, 3.63) is 39.5 Å². The van der Waals surface area contributed by atoms with Gasteiger partial charge in [0, 0.05) is 12.5 Å². The van der Waals surface area contributed by atoms with Crippen LogP contribution in [0.1, 0.15) is 13.3 Å². The van der Waals surface area contributed by atoms with Gasteiger partial charge in [-0.25, -0.2) is 4.68 Å². The Morgan fingerprint density at radius 3 is 2.68 bits per heavy atom. The zero-order valence-electron chi connectivity index (χ0n) is 12.5. The number of rotatable bonds is 5. The van der Waals surface area contributed by atoms with Gasteiger partial charge in [0.2, 0.25) is 11.7 Å². The van der Waals surface area contributed by atoms with Crippen molar-refractivity contribution >= 4 is 29.0 Å². The molecule has 0 saturated heterocycles. The summed E-state index contributed by atoms with van der Waals surface area (Å²) in [5.74, 6) is -1.34.